The number of hydrogen-bond acceptors (Lipinski definition) is 5. The summed E-state index contributed by atoms with van der Waals surface area (Å²) in [5.41, 5.74) is 2.98. The van der Waals surface area contributed by atoms with Crippen LogP contribution in [0.1, 0.15) is 22.5 Å². The highest BCUT2D eigenvalue weighted by Gasteiger charge is 2.11. The Labute approximate surface area is 185 Å². The van der Waals surface area contributed by atoms with Gasteiger partial charge < -0.3 is 9.47 Å². The Kier molecular flexibility index (Phi) is 6.54. The number of methoxy groups -OCH3 is 1. The van der Waals surface area contributed by atoms with Gasteiger partial charge in [-0.3, -0.25) is 5.10 Å². The van der Waals surface area contributed by atoms with E-state index in [0.29, 0.717) is 29.3 Å². The Balaban J connectivity index is 1.61. The molecule has 0 bridgehead atoms. The van der Waals surface area contributed by atoms with Crippen LogP contribution in [0.4, 0.5) is 0 Å². The maximum atomic E-state index is 6.10. The Bertz CT molecular complexity index is 1220. The third-order valence-electron chi connectivity index (χ3n) is 4.69. The fourth-order valence-electron chi connectivity index (χ4n) is 3.14. The van der Waals surface area contributed by atoms with E-state index in [2.05, 4.69) is 15.3 Å². The molecular formula is C24H22N4O2S. The second-order valence-corrected chi connectivity index (χ2v) is 7.20. The minimum atomic E-state index is 0.423. The Morgan fingerprint density at radius 1 is 0.968 bits per heavy atom. The molecule has 6 nitrogen and oxygen atoms in total. The van der Waals surface area contributed by atoms with Crippen LogP contribution in [0.5, 0.6) is 11.5 Å². The van der Waals surface area contributed by atoms with Crippen molar-refractivity contribution >= 4 is 18.4 Å². The first-order valence-electron chi connectivity index (χ1n) is 9.83. The number of aromatic amines is 1. The molecule has 1 aromatic heterocycles. The van der Waals surface area contributed by atoms with Crippen LogP contribution in [0, 0.1) is 4.77 Å². The molecule has 3 aromatic carbocycles. The molecule has 0 saturated heterocycles. The molecule has 0 unspecified atom stereocenters. The van der Waals surface area contributed by atoms with Gasteiger partial charge >= 0.3 is 0 Å². The predicted octanol–water partition coefficient (Wildman–Crippen LogP) is 5.00. The normalized spacial score (nSPS) is 11.0. The van der Waals surface area contributed by atoms with Crippen LogP contribution in [0.3, 0.4) is 0 Å². The third-order valence-corrected chi connectivity index (χ3v) is 4.95. The highest BCUT2D eigenvalue weighted by Crippen LogP contribution is 2.31. The van der Waals surface area contributed by atoms with Crippen LogP contribution in [-0.2, 0) is 13.0 Å². The topological polar surface area (TPSA) is 64.4 Å². The Morgan fingerprint density at radius 2 is 1.68 bits per heavy atom. The summed E-state index contributed by atoms with van der Waals surface area (Å²) < 4.78 is 13.7. The molecule has 31 heavy (non-hydrogen) atoms. The summed E-state index contributed by atoms with van der Waals surface area (Å²) in [6.07, 6.45) is 2.32. The minimum Gasteiger partial charge on any atom is -0.493 e. The quantitative estimate of drug-likeness (QED) is 0.316. The fraction of sp³-hybridized carbons (Fsp3) is 0.125. The van der Waals surface area contributed by atoms with Crippen molar-refractivity contribution in [3.8, 4) is 11.5 Å². The molecular weight excluding hydrogens is 408 g/mol. The molecule has 156 valence electrons. The van der Waals surface area contributed by atoms with Crippen molar-refractivity contribution in [3.63, 3.8) is 0 Å². The van der Waals surface area contributed by atoms with Gasteiger partial charge in [-0.1, -0.05) is 66.7 Å². The predicted molar refractivity (Wildman–Crippen MR) is 123 cm³/mol. The molecule has 4 rings (SSSR count). The molecule has 0 amide bonds. The fourth-order valence-corrected chi connectivity index (χ4v) is 3.33. The number of para-hydroxylation sites is 1. The number of nitrogens with one attached hydrogen (secondary N) is 1. The first-order chi connectivity index (χ1) is 15.2. The molecule has 0 radical (unpaired) electrons. The first kappa shape index (κ1) is 20.6. The zero-order chi connectivity index (χ0) is 21.5. The number of rotatable bonds is 8. The zero-order valence-corrected chi connectivity index (χ0v) is 17.9. The summed E-state index contributed by atoms with van der Waals surface area (Å²) in [5.74, 6) is 1.99. The summed E-state index contributed by atoms with van der Waals surface area (Å²) in [6.45, 7) is 0.423. The van der Waals surface area contributed by atoms with Gasteiger partial charge in [-0.15, -0.1) is 0 Å². The lowest BCUT2D eigenvalue weighted by atomic mass is 10.1. The van der Waals surface area contributed by atoms with Crippen LogP contribution in [-0.4, -0.2) is 28.2 Å². The molecule has 0 aliphatic rings. The summed E-state index contributed by atoms with van der Waals surface area (Å²) in [4.78, 5) is 0. The van der Waals surface area contributed by atoms with Gasteiger partial charge in [0.25, 0.3) is 0 Å². The van der Waals surface area contributed by atoms with Gasteiger partial charge in [0.2, 0.25) is 4.77 Å². The van der Waals surface area contributed by atoms with E-state index in [1.54, 1.807) is 18.0 Å². The Hall–Kier alpha value is -3.71. The molecule has 0 aliphatic heterocycles. The standard InChI is InChI=1S/C24H22N4O2S/c1-29-21-14-8-13-20(23(21)30-17-19-11-6-3-7-12-19)16-25-28-22(26-27-24(28)31)15-18-9-4-2-5-10-18/h2-14,16H,15,17H2,1H3,(H,27,31)/b25-16-. The van der Waals surface area contributed by atoms with Crippen molar-refractivity contribution in [1.82, 2.24) is 14.9 Å². The Morgan fingerprint density at radius 3 is 2.39 bits per heavy atom. The van der Waals surface area contributed by atoms with Gasteiger partial charge in [-0.05, 0) is 35.5 Å². The lowest BCUT2D eigenvalue weighted by Gasteiger charge is -2.13. The van der Waals surface area contributed by atoms with Crippen LogP contribution >= 0.6 is 12.2 Å². The summed E-state index contributed by atoms with van der Waals surface area (Å²) >= 11 is 5.38. The molecule has 0 atom stereocenters. The van der Waals surface area contributed by atoms with Gasteiger partial charge in [0.15, 0.2) is 17.3 Å². The van der Waals surface area contributed by atoms with Gasteiger partial charge in [0.05, 0.1) is 13.3 Å². The largest absolute Gasteiger partial charge is 0.493 e. The number of hydrogen-bond donors (Lipinski definition) is 1. The average molecular weight is 431 g/mol. The van der Waals surface area contributed by atoms with E-state index in [1.165, 1.54) is 0 Å². The first-order valence-corrected chi connectivity index (χ1v) is 10.2. The van der Waals surface area contributed by atoms with Crippen molar-refractivity contribution in [1.29, 1.82) is 0 Å². The molecule has 0 fully saturated rings. The molecule has 0 spiro atoms. The molecule has 0 aliphatic carbocycles. The molecule has 0 saturated carbocycles. The van der Waals surface area contributed by atoms with Gasteiger partial charge in [0.1, 0.15) is 6.61 Å². The van der Waals surface area contributed by atoms with E-state index in [-0.39, 0.29) is 0 Å². The lowest BCUT2D eigenvalue weighted by molar-refractivity contribution is 0.284. The van der Waals surface area contributed by atoms with E-state index in [0.717, 1.165) is 22.5 Å². The number of H-pyrrole nitrogens is 1. The van der Waals surface area contributed by atoms with Crippen molar-refractivity contribution in [3.05, 3.63) is 106 Å². The van der Waals surface area contributed by atoms with Crippen molar-refractivity contribution in [2.24, 2.45) is 5.10 Å². The van der Waals surface area contributed by atoms with Gasteiger partial charge in [-0.25, -0.2) is 0 Å². The van der Waals surface area contributed by atoms with Gasteiger partial charge in [0, 0.05) is 12.0 Å². The molecule has 1 heterocycles. The summed E-state index contributed by atoms with van der Waals surface area (Å²) in [6, 6.07) is 25.7. The summed E-state index contributed by atoms with van der Waals surface area (Å²) in [5, 5.41) is 11.7. The lowest BCUT2D eigenvalue weighted by Crippen LogP contribution is -2.03. The van der Waals surface area contributed by atoms with Gasteiger partial charge in [-0.2, -0.15) is 14.9 Å². The second-order valence-electron chi connectivity index (χ2n) is 6.82. The van der Waals surface area contributed by atoms with Crippen LogP contribution in [0.15, 0.2) is 84.0 Å². The zero-order valence-electron chi connectivity index (χ0n) is 17.1. The number of aromatic nitrogens is 3. The maximum absolute atomic E-state index is 6.10. The number of ether oxygens (including phenoxy) is 2. The number of benzene rings is 3. The molecule has 1 N–H and O–H groups in total. The van der Waals surface area contributed by atoms with E-state index < -0.39 is 0 Å². The third kappa shape index (κ3) is 5.07. The van der Waals surface area contributed by atoms with E-state index in [1.807, 2.05) is 78.9 Å². The van der Waals surface area contributed by atoms with Crippen molar-refractivity contribution < 1.29 is 9.47 Å². The smallest absolute Gasteiger partial charge is 0.216 e. The van der Waals surface area contributed by atoms with Crippen molar-refractivity contribution in [2.75, 3.05) is 7.11 Å². The molecule has 4 aromatic rings. The second kappa shape index (κ2) is 9.86. The monoisotopic (exact) mass is 430 g/mol. The minimum absolute atomic E-state index is 0.423. The maximum Gasteiger partial charge on any atom is 0.216 e. The van der Waals surface area contributed by atoms with E-state index in [9.17, 15) is 0 Å². The van der Waals surface area contributed by atoms with E-state index >= 15 is 0 Å². The highest BCUT2D eigenvalue weighted by atomic mass is 32.1. The van der Waals surface area contributed by atoms with Crippen LogP contribution < -0.4 is 9.47 Å². The van der Waals surface area contributed by atoms with Crippen LogP contribution in [0.25, 0.3) is 0 Å². The number of nitrogens with zero attached hydrogens (tertiary/aromatic N) is 3. The van der Waals surface area contributed by atoms with Crippen molar-refractivity contribution in [2.45, 2.75) is 13.0 Å². The van der Waals surface area contributed by atoms with E-state index in [4.69, 9.17) is 21.7 Å². The van der Waals surface area contributed by atoms with Crippen LogP contribution in [0.2, 0.25) is 0 Å². The highest BCUT2D eigenvalue weighted by molar-refractivity contribution is 7.71. The SMILES string of the molecule is COc1cccc(/C=N\n2c(Cc3ccccc3)n[nH]c2=S)c1OCc1ccccc1. The average Bonchev–Trinajstić information content (AvgIpc) is 3.16. The molecule has 7 heteroatoms. The summed E-state index contributed by atoms with van der Waals surface area (Å²) in [7, 11) is 1.62.